The van der Waals surface area contributed by atoms with Crippen molar-refractivity contribution in [3.63, 3.8) is 0 Å². The summed E-state index contributed by atoms with van der Waals surface area (Å²) in [7, 11) is 0. The molecule has 0 bridgehead atoms. The lowest BCUT2D eigenvalue weighted by atomic mass is 10.0. The second kappa shape index (κ2) is 6.41. The van der Waals surface area contributed by atoms with Crippen molar-refractivity contribution in [2.45, 2.75) is 27.7 Å². The number of carboxylic acid groups (broad SMARTS) is 1. The van der Waals surface area contributed by atoms with Crippen LogP contribution in [-0.2, 0) is 4.79 Å². The Hall–Kier alpha value is -1.77. The molecule has 0 heterocycles. The molecule has 1 aromatic carbocycles. The zero-order valence-corrected chi connectivity index (χ0v) is 12.2. The third kappa shape index (κ3) is 4.12. The molecule has 0 radical (unpaired) electrons. The highest BCUT2D eigenvalue weighted by Gasteiger charge is 2.18. The van der Waals surface area contributed by atoms with Crippen molar-refractivity contribution in [2.24, 2.45) is 5.92 Å². The molecule has 0 saturated carbocycles. The fourth-order valence-electron chi connectivity index (χ4n) is 2.06. The molecule has 1 N–H and O–H groups in total. The first kappa shape index (κ1) is 15.3. The van der Waals surface area contributed by atoms with E-state index in [4.69, 9.17) is 5.11 Å². The van der Waals surface area contributed by atoms with Crippen LogP contribution in [0, 0.1) is 19.8 Å². The quantitative estimate of drug-likeness (QED) is 0.798. The summed E-state index contributed by atoms with van der Waals surface area (Å²) < 4.78 is 0. The summed E-state index contributed by atoms with van der Waals surface area (Å²) in [5, 5.41) is 9.09. The van der Waals surface area contributed by atoms with Gasteiger partial charge in [-0.15, -0.1) is 0 Å². The molecule has 3 nitrogen and oxygen atoms in total. The first-order valence-electron chi connectivity index (χ1n) is 6.51. The minimum Gasteiger partial charge on any atom is -0.481 e. The molecule has 1 unspecified atom stereocenters. The number of carboxylic acids is 1. The van der Waals surface area contributed by atoms with Crippen LogP contribution in [0.5, 0.6) is 0 Å². The van der Waals surface area contributed by atoms with Crippen LogP contribution < -0.4 is 4.90 Å². The molecule has 0 spiro atoms. The van der Waals surface area contributed by atoms with Crippen molar-refractivity contribution in [3.05, 3.63) is 41.5 Å². The number of benzene rings is 1. The Balaban J connectivity index is 3.05. The van der Waals surface area contributed by atoms with E-state index in [0.29, 0.717) is 13.1 Å². The van der Waals surface area contributed by atoms with Gasteiger partial charge in [-0.1, -0.05) is 31.2 Å². The topological polar surface area (TPSA) is 40.5 Å². The number of aliphatic carboxylic acids is 1. The Bertz CT molecular complexity index is 480. The van der Waals surface area contributed by atoms with Crippen LogP contribution in [-0.4, -0.2) is 24.2 Å². The summed E-state index contributed by atoms with van der Waals surface area (Å²) in [6.45, 7) is 12.9. The minimum absolute atomic E-state index is 0.403. The average molecular weight is 261 g/mol. The van der Waals surface area contributed by atoms with Crippen molar-refractivity contribution in [2.75, 3.05) is 18.0 Å². The van der Waals surface area contributed by atoms with Crippen molar-refractivity contribution in [1.29, 1.82) is 0 Å². The van der Waals surface area contributed by atoms with Crippen molar-refractivity contribution >= 4 is 11.7 Å². The van der Waals surface area contributed by atoms with E-state index >= 15 is 0 Å². The van der Waals surface area contributed by atoms with Gasteiger partial charge in [-0.05, 0) is 38.0 Å². The van der Waals surface area contributed by atoms with Gasteiger partial charge in [0, 0.05) is 18.8 Å². The van der Waals surface area contributed by atoms with Crippen molar-refractivity contribution < 1.29 is 9.90 Å². The smallest absolute Gasteiger partial charge is 0.308 e. The lowest BCUT2D eigenvalue weighted by molar-refractivity contribution is -0.140. The van der Waals surface area contributed by atoms with E-state index in [0.717, 1.165) is 11.3 Å². The summed E-state index contributed by atoms with van der Waals surface area (Å²) in [5.41, 5.74) is 4.53. The number of anilines is 1. The largest absolute Gasteiger partial charge is 0.481 e. The Morgan fingerprint density at radius 2 is 2.05 bits per heavy atom. The van der Waals surface area contributed by atoms with Crippen LogP contribution >= 0.6 is 0 Å². The maximum absolute atomic E-state index is 11.1. The summed E-state index contributed by atoms with van der Waals surface area (Å²) in [4.78, 5) is 13.2. The first-order chi connectivity index (χ1) is 8.82. The third-order valence-electron chi connectivity index (χ3n) is 3.29. The van der Waals surface area contributed by atoms with Gasteiger partial charge in [0.25, 0.3) is 0 Å². The number of rotatable bonds is 6. The van der Waals surface area contributed by atoms with Gasteiger partial charge in [-0.3, -0.25) is 4.79 Å². The normalized spacial score (nSPS) is 12.0. The molecular formula is C16H23NO2. The predicted molar refractivity (Wildman–Crippen MR) is 79.7 cm³/mol. The molecule has 1 aromatic rings. The summed E-state index contributed by atoms with van der Waals surface area (Å²) >= 11 is 0. The van der Waals surface area contributed by atoms with Gasteiger partial charge >= 0.3 is 5.97 Å². The lowest BCUT2D eigenvalue weighted by Crippen LogP contribution is -2.33. The number of hydrogen-bond acceptors (Lipinski definition) is 2. The van der Waals surface area contributed by atoms with Gasteiger partial charge in [-0.2, -0.15) is 0 Å². The molecule has 3 heteroatoms. The molecule has 104 valence electrons. The van der Waals surface area contributed by atoms with Gasteiger partial charge in [0.2, 0.25) is 0 Å². The molecule has 0 fully saturated rings. The zero-order chi connectivity index (χ0) is 14.6. The zero-order valence-electron chi connectivity index (χ0n) is 12.2. The van der Waals surface area contributed by atoms with E-state index < -0.39 is 11.9 Å². The van der Waals surface area contributed by atoms with Crippen LogP contribution in [0.3, 0.4) is 0 Å². The fourth-order valence-corrected chi connectivity index (χ4v) is 2.06. The maximum Gasteiger partial charge on any atom is 0.308 e. The molecule has 0 aliphatic carbocycles. The standard InChI is InChI=1S/C16H23NO2/c1-11(2)9-17(10-13(4)16(18)19)15-8-6-7-12(3)14(15)5/h6-8,13H,1,9-10H2,2-5H3,(H,18,19). The van der Waals surface area contributed by atoms with Crippen LogP contribution in [0.2, 0.25) is 0 Å². The second-order valence-electron chi connectivity index (χ2n) is 5.30. The molecule has 0 saturated heterocycles. The predicted octanol–water partition coefficient (Wildman–Crippen LogP) is 3.41. The van der Waals surface area contributed by atoms with E-state index in [2.05, 4.69) is 31.4 Å². The monoisotopic (exact) mass is 261 g/mol. The molecule has 0 aromatic heterocycles. The minimum atomic E-state index is -0.767. The second-order valence-corrected chi connectivity index (χ2v) is 5.30. The van der Waals surface area contributed by atoms with Crippen molar-refractivity contribution in [1.82, 2.24) is 0 Å². The van der Waals surface area contributed by atoms with Crippen LogP contribution in [0.15, 0.2) is 30.4 Å². The molecule has 1 atom stereocenters. The number of nitrogens with zero attached hydrogens (tertiary/aromatic N) is 1. The highest BCUT2D eigenvalue weighted by molar-refractivity contribution is 5.71. The molecule has 0 amide bonds. The average Bonchev–Trinajstić information content (AvgIpc) is 2.31. The number of hydrogen-bond donors (Lipinski definition) is 1. The van der Waals surface area contributed by atoms with E-state index in [1.165, 1.54) is 11.1 Å². The summed E-state index contributed by atoms with van der Waals surface area (Å²) in [5.74, 6) is -1.17. The number of carbonyl (C=O) groups is 1. The highest BCUT2D eigenvalue weighted by Crippen LogP contribution is 2.24. The fraction of sp³-hybridized carbons (Fsp3) is 0.438. The van der Waals surface area contributed by atoms with Gasteiger partial charge < -0.3 is 10.0 Å². The van der Waals surface area contributed by atoms with E-state index in [1.807, 2.05) is 19.1 Å². The molecule has 19 heavy (non-hydrogen) atoms. The lowest BCUT2D eigenvalue weighted by Gasteiger charge is -2.29. The van der Waals surface area contributed by atoms with E-state index in [1.54, 1.807) is 6.92 Å². The highest BCUT2D eigenvalue weighted by atomic mass is 16.4. The van der Waals surface area contributed by atoms with Crippen LogP contribution in [0.1, 0.15) is 25.0 Å². The van der Waals surface area contributed by atoms with Gasteiger partial charge in [0.15, 0.2) is 0 Å². The number of aryl methyl sites for hydroxylation is 1. The Morgan fingerprint density at radius 3 is 2.58 bits per heavy atom. The van der Waals surface area contributed by atoms with Crippen LogP contribution in [0.25, 0.3) is 0 Å². The Kier molecular flexibility index (Phi) is 5.16. The molecule has 0 aliphatic rings. The van der Waals surface area contributed by atoms with Gasteiger partial charge in [0.05, 0.1) is 5.92 Å². The Morgan fingerprint density at radius 1 is 1.42 bits per heavy atom. The van der Waals surface area contributed by atoms with Gasteiger partial charge in [0.1, 0.15) is 0 Å². The van der Waals surface area contributed by atoms with Crippen LogP contribution in [0.4, 0.5) is 5.69 Å². The molecule has 1 rings (SSSR count). The first-order valence-corrected chi connectivity index (χ1v) is 6.51. The van der Waals surface area contributed by atoms with Gasteiger partial charge in [-0.25, -0.2) is 0 Å². The third-order valence-corrected chi connectivity index (χ3v) is 3.29. The van der Waals surface area contributed by atoms with E-state index in [-0.39, 0.29) is 0 Å². The van der Waals surface area contributed by atoms with Crippen molar-refractivity contribution in [3.8, 4) is 0 Å². The Labute approximate surface area is 115 Å². The molecule has 0 aliphatic heterocycles. The van der Waals surface area contributed by atoms with E-state index in [9.17, 15) is 4.79 Å². The summed E-state index contributed by atoms with van der Waals surface area (Å²) in [6.07, 6.45) is 0. The maximum atomic E-state index is 11.1. The summed E-state index contributed by atoms with van der Waals surface area (Å²) in [6, 6.07) is 6.12. The molecular weight excluding hydrogens is 238 g/mol. The SMILES string of the molecule is C=C(C)CN(CC(C)C(=O)O)c1cccc(C)c1C.